The van der Waals surface area contributed by atoms with E-state index in [-0.39, 0.29) is 0 Å². The van der Waals surface area contributed by atoms with Crippen LogP contribution in [0.25, 0.3) is 17.2 Å². The Morgan fingerprint density at radius 3 is 2.00 bits per heavy atom. The molecule has 0 spiro atoms. The average Bonchev–Trinajstić information content (AvgIpc) is 2.46. The molecular formula is C16H10N2. The second kappa shape index (κ2) is 4.99. The van der Waals surface area contributed by atoms with Crippen LogP contribution in [-0.4, -0.2) is 0 Å². The van der Waals surface area contributed by atoms with Gasteiger partial charge in [0.15, 0.2) is 0 Å². The van der Waals surface area contributed by atoms with Gasteiger partial charge in [-0.3, -0.25) is 0 Å². The van der Waals surface area contributed by atoms with E-state index in [1.807, 2.05) is 42.5 Å². The van der Waals surface area contributed by atoms with Gasteiger partial charge in [-0.2, -0.15) is 10.5 Å². The van der Waals surface area contributed by atoms with Crippen LogP contribution in [0.1, 0.15) is 16.7 Å². The second-order valence-electron chi connectivity index (χ2n) is 3.81. The summed E-state index contributed by atoms with van der Waals surface area (Å²) in [5, 5.41) is 17.9. The van der Waals surface area contributed by atoms with Gasteiger partial charge in [-0.05, 0) is 28.8 Å². The van der Waals surface area contributed by atoms with Gasteiger partial charge in [-0.25, -0.2) is 0 Å². The van der Waals surface area contributed by atoms with Crippen LogP contribution >= 0.6 is 0 Å². The van der Waals surface area contributed by atoms with Gasteiger partial charge in [0.05, 0.1) is 11.1 Å². The summed E-state index contributed by atoms with van der Waals surface area (Å²) < 4.78 is 0. The number of nitriles is 2. The Hall–Kier alpha value is -2.84. The van der Waals surface area contributed by atoms with Crippen LogP contribution in [0, 0.1) is 22.7 Å². The fourth-order valence-corrected chi connectivity index (χ4v) is 1.73. The minimum Gasteiger partial charge on any atom is -0.192 e. The number of nitrogens with zero attached hydrogens (tertiary/aromatic N) is 2. The van der Waals surface area contributed by atoms with Crippen molar-refractivity contribution in [1.82, 2.24) is 0 Å². The molecule has 0 saturated heterocycles. The van der Waals surface area contributed by atoms with Crippen molar-refractivity contribution in [2.75, 3.05) is 0 Å². The topological polar surface area (TPSA) is 47.6 Å². The van der Waals surface area contributed by atoms with Crippen LogP contribution in [0.15, 0.2) is 49.0 Å². The van der Waals surface area contributed by atoms with Gasteiger partial charge in [0, 0.05) is 0 Å². The lowest BCUT2D eigenvalue weighted by molar-refractivity contribution is 1.43. The fourth-order valence-electron chi connectivity index (χ4n) is 1.73. The van der Waals surface area contributed by atoms with Crippen molar-refractivity contribution in [2.45, 2.75) is 0 Å². The maximum atomic E-state index is 8.99. The molecule has 0 atom stereocenters. The first kappa shape index (κ1) is 11.6. The molecule has 0 saturated carbocycles. The zero-order valence-corrected chi connectivity index (χ0v) is 9.72. The lowest BCUT2D eigenvalue weighted by atomic mass is 9.99. The van der Waals surface area contributed by atoms with E-state index in [9.17, 15) is 0 Å². The number of hydrogen-bond acceptors (Lipinski definition) is 2. The summed E-state index contributed by atoms with van der Waals surface area (Å²) in [6.45, 7) is 3.70. The molecule has 0 bridgehead atoms. The van der Waals surface area contributed by atoms with Gasteiger partial charge in [0.2, 0.25) is 0 Å². The molecule has 2 rings (SSSR count). The molecule has 0 aliphatic heterocycles. The molecule has 0 aliphatic carbocycles. The Morgan fingerprint density at radius 2 is 1.44 bits per heavy atom. The molecule has 0 heterocycles. The second-order valence-corrected chi connectivity index (χ2v) is 3.81. The quantitative estimate of drug-likeness (QED) is 0.789. The highest BCUT2D eigenvalue weighted by Gasteiger charge is 2.04. The average molecular weight is 230 g/mol. The first-order valence-corrected chi connectivity index (χ1v) is 5.45. The summed E-state index contributed by atoms with van der Waals surface area (Å²) in [5.74, 6) is 0. The number of benzene rings is 2. The summed E-state index contributed by atoms with van der Waals surface area (Å²) in [4.78, 5) is 0. The SMILES string of the molecule is C=Cc1ccc(-c2ccc(C#N)c(C#N)c2)cc1. The van der Waals surface area contributed by atoms with Crippen molar-refractivity contribution >= 4 is 6.08 Å². The molecule has 2 aromatic rings. The molecule has 0 aromatic heterocycles. The van der Waals surface area contributed by atoms with E-state index in [0.29, 0.717) is 11.1 Å². The van der Waals surface area contributed by atoms with Gasteiger partial charge in [0.1, 0.15) is 12.1 Å². The summed E-state index contributed by atoms with van der Waals surface area (Å²) in [5.41, 5.74) is 3.81. The molecule has 0 unspecified atom stereocenters. The number of hydrogen-bond donors (Lipinski definition) is 0. The van der Waals surface area contributed by atoms with Crippen LogP contribution in [0.5, 0.6) is 0 Å². The molecule has 0 fully saturated rings. The third-order valence-electron chi connectivity index (χ3n) is 2.74. The molecule has 2 nitrogen and oxygen atoms in total. The van der Waals surface area contributed by atoms with Crippen molar-refractivity contribution in [2.24, 2.45) is 0 Å². The molecule has 0 radical (unpaired) electrons. The molecule has 0 N–H and O–H groups in total. The minimum absolute atomic E-state index is 0.405. The van der Waals surface area contributed by atoms with Crippen molar-refractivity contribution < 1.29 is 0 Å². The maximum absolute atomic E-state index is 8.99. The van der Waals surface area contributed by atoms with Crippen molar-refractivity contribution in [3.63, 3.8) is 0 Å². The third kappa shape index (κ3) is 2.14. The van der Waals surface area contributed by atoms with E-state index in [4.69, 9.17) is 10.5 Å². The van der Waals surface area contributed by atoms with Crippen LogP contribution in [0.4, 0.5) is 0 Å². The Kier molecular flexibility index (Phi) is 3.23. The van der Waals surface area contributed by atoms with E-state index in [0.717, 1.165) is 16.7 Å². The van der Waals surface area contributed by atoms with E-state index < -0.39 is 0 Å². The number of rotatable bonds is 2. The molecule has 0 amide bonds. The largest absolute Gasteiger partial charge is 0.192 e. The highest BCUT2D eigenvalue weighted by atomic mass is 14.3. The molecule has 2 aromatic carbocycles. The van der Waals surface area contributed by atoms with E-state index >= 15 is 0 Å². The molecular weight excluding hydrogens is 220 g/mol. The highest BCUT2D eigenvalue weighted by Crippen LogP contribution is 2.22. The van der Waals surface area contributed by atoms with Crippen LogP contribution < -0.4 is 0 Å². The predicted molar refractivity (Wildman–Crippen MR) is 71.4 cm³/mol. The summed E-state index contributed by atoms with van der Waals surface area (Å²) in [6, 6.07) is 17.2. The lowest BCUT2D eigenvalue weighted by Crippen LogP contribution is -1.86. The molecule has 84 valence electrons. The Balaban J connectivity index is 2.48. The zero-order valence-electron chi connectivity index (χ0n) is 9.72. The highest BCUT2D eigenvalue weighted by molar-refractivity contribution is 5.68. The molecule has 0 aliphatic rings. The van der Waals surface area contributed by atoms with Gasteiger partial charge < -0.3 is 0 Å². The summed E-state index contributed by atoms with van der Waals surface area (Å²) >= 11 is 0. The van der Waals surface area contributed by atoms with Crippen LogP contribution in [0.2, 0.25) is 0 Å². The maximum Gasteiger partial charge on any atom is 0.101 e. The Morgan fingerprint density at radius 1 is 0.833 bits per heavy atom. The Labute approximate surface area is 106 Å². The van der Waals surface area contributed by atoms with Crippen molar-refractivity contribution in [3.05, 3.63) is 65.7 Å². The third-order valence-corrected chi connectivity index (χ3v) is 2.74. The molecule has 2 heteroatoms. The first-order valence-electron chi connectivity index (χ1n) is 5.45. The van der Waals surface area contributed by atoms with Gasteiger partial charge in [-0.1, -0.05) is 43.0 Å². The van der Waals surface area contributed by atoms with Gasteiger partial charge >= 0.3 is 0 Å². The van der Waals surface area contributed by atoms with Crippen molar-refractivity contribution in [1.29, 1.82) is 10.5 Å². The fraction of sp³-hybridized carbons (Fsp3) is 0. The predicted octanol–water partition coefficient (Wildman–Crippen LogP) is 3.74. The van der Waals surface area contributed by atoms with Gasteiger partial charge in [-0.15, -0.1) is 0 Å². The van der Waals surface area contributed by atoms with E-state index in [2.05, 4.69) is 6.58 Å². The minimum atomic E-state index is 0.405. The standard InChI is InChI=1S/C16H10N2/c1-2-12-3-5-13(6-4-12)14-7-8-15(10-17)16(9-14)11-18/h2-9H,1H2. The smallest absolute Gasteiger partial charge is 0.101 e. The van der Waals surface area contributed by atoms with Gasteiger partial charge in [0.25, 0.3) is 0 Å². The van der Waals surface area contributed by atoms with Crippen molar-refractivity contribution in [3.8, 4) is 23.3 Å². The van der Waals surface area contributed by atoms with E-state index in [1.54, 1.807) is 18.2 Å². The normalized spacial score (nSPS) is 9.22. The van der Waals surface area contributed by atoms with Crippen LogP contribution in [-0.2, 0) is 0 Å². The first-order chi connectivity index (χ1) is 8.78. The molecule has 18 heavy (non-hydrogen) atoms. The Bertz CT molecular complexity index is 668. The lowest BCUT2D eigenvalue weighted by Gasteiger charge is -2.03. The monoisotopic (exact) mass is 230 g/mol. The van der Waals surface area contributed by atoms with E-state index in [1.165, 1.54) is 0 Å². The van der Waals surface area contributed by atoms with Crippen LogP contribution in [0.3, 0.4) is 0 Å². The summed E-state index contributed by atoms with van der Waals surface area (Å²) in [6.07, 6.45) is 1.78. The summed E-state index contributed by atoms with van der Waals surface area (Å²) in [7, 11) is 0. The zero-order chi connectivity index (χ0) is 13.0.